The van der Waals surface area contributed by atoms with Crippen LogP contribution in [0.4, 0.5) is 28.0 Å². The summed E-state index contributed by atoms with van der Waals surface area (Å²) in [6.07, 6.45) is -1.95. The quantitative estimate of drug-likeness (QED) is 0.779. The normalized spacial score (nSPS) is 16.4. The first-order valence-corrected chi connectivity index (χ1v) is 8.66. The van der Waals surface area contributed by atoms with Crippen LogP contribution < -0.4 is 10.3 Å². The van der Waals surface area contributed by atoms with Gasteiger partial charge in [0, 0.05) is 25.9 Å². The molecule has 2 heterocycles. The molecule has 1 atom stereocenters. The van der Waals surface area contributed by atoms with Gasteiger partial charge in [0.25, 0.3) is 0 Å². The molecule has 29 heavy (non-hydrogen) atoms. The van der Waals surface area contributed by atoms with E-state index in [0.29, 0.717) is 6.92 Å². The number of amides is 3. The van der Waals surface area contributed by atoms with E-state index in [2.05, 4.69) is 10.4 Å². The Bertz CT molecular complexity index is 932. The maximum atomic E-state index is 14.4. The van der Waals surface area contributed by atoms with Gasteiger partial charge in [-0.1, -0.05) is 12.1 Å². The SMILES string of the molecule is CC(=O)N1C(=O)N(NCc2cccnc2)Cc2cc(C(C)(F)C(F)(F)F)ccc21. The fourth-order valence-corrected chi connectivity index (χ4v) is 2.96. The van der Waals surface area contributed by atoms with Gasteiger partial charge in [-0.15, -0.1) is 0 Å². The zero-order valence-electron chi connectivity index (χ0n) is 15.6. The highest BCUT2D eigenvalue weighted by Crippen LogP contribution is 2.43. The molecule has 0 saturated heterocycles. The van der Waals surface area contributed by atoms with Crippen LogP contribution >= 0.6 is 0 Å². The highest BCUT2D eigenvalue weighted by atomic mass is 19.4. The van der Waals surface area contributed by atoms with E-state index >= 15 is 0 Å². The molecular weight excluding hydrogens is 392 g/mol. The van der Waals surface area contributed by atoms with Crippen LogP contribution in [-0.2, 0) is 23.6 Å². The molecule has 1 aliphatic rings. The maximum Gasteiger partial charge on any atom is 0.426 e. The van der Waals surface area contributed by atoms with E-state index in [0.717, 1.165) is 40.6 Å². The number of halogens is 4. The summed E-state index contributed by atoms with van der Waals surface area (Å²) in [7, 11) is 0. The number of hydrogen-bond acceptors (Lipinski definition) is 4. The first kappa shape index (κ1) is 20.7. The number of urea groups is 1. The molecule has 1 unspecified atom stereocenters. The van der Waals surface area contributed by atoms with Gasteiger partial charge in [0.1, 0.15) is 0 Å². The van der Waals surface area contributed by atoms with Crippen molar-refractivity contribution in [1.82, 2.24) is 15.4 Å². The fraction of sp³-hybridized carbons (Fsp3) is 0.316. The molecule has 154 valence electrons. The van der Waals surface area contributed by atoms with Crippen molar-refractivity contribution in [3.8, 4) is 0 Å². The van der Waals surface area contributed by atoms with Crippen molar-refractivity contribution in [1.29, 1.82) is 0 Å². The second kappa shape index (κ2) is 7.43. The molecule has 3 rings (SSSR count). The molecule has 1 N–H and O–H groups in total. The molecule has 0 fully saturated rings. The van der Waals surface area contributed by atoms with Crippen LogP contribution in [0.5, 0.6) is 0 Å². The van der Waals surface area contributed by atoms with E-state index in [1.165, 1.54) is 0 Å². The molecule has 1 aliphatic heterocycles. The number of fused-ring (bicyclic) bond motifs is 1. The number of anilines is 1. The van der Waals surface area contributed by atoms with E-state index in [-0.39, 0.29) is 24.3 Å². The summed E-state index contributed by atoms with van der Waals surface area (Å²) in [6, 6.07) is 5.92. The number of alkyl halides is 4. The first-order chi connectivity index (χ1) is 13.5. The average Bonchev–Trinajstić information content (AvgIpc) is 2.65. The van der Waals surface area contributed by atoms with Gasteiger partial charge in [-0.05, 0) is 41.8 Å². The molecule has 0 aliphatic carbocycles. The largest absolute Gasteiger partial charge is 0.426 e. The van der Waals surface area contributed by atoms with Crippen molar-refractivity contribution in [2.24, 2.45) is 0 Å². The highest BCUT2D eigenvalue weighted by Gasteiger charge is 2.53. The van der Waals surface area contributed by atoms with Gasteiger partial charge >= 0.3 is 12.2 Å². The molecule has 1 aromatic heterocycles. The third-order valence-corrected chi connectivity index (χ3v) is 4.66. The Kier molecular flexibility index (Phi) is 5.31. The maximum absolute atomic E-state index is 14.4. The predicted molar refractivity (Wildman–Crippen MR) is 96.1 cm³/mol. The average molecular weight is 410 g/mol. The Morgan fingerprint density at radius 1 is 1.24 bits per heavy atom. The van der Waals surface area contributed by atoms with Gasteiger partial charge in [-0.3, -0.25) is 14.8 Å². The number of pyridine rings is 1. The molecule has 0 spiro atoms. The van der Waals surface area contributed by atoms with Gasteiger partial charge < -0.3 is 0 Å². The number of carbonyl (C=O) groups is 2. The van der Waals surface area contributed by atoms with E-state index in [4.69, 9.17) is 0 Å². The number of benzene rings is 1. The lowest BCUT2D eigenvalue weighted by molar-refractivity contribution is -0.228. The molecule has 1 aromatic carbocycles. The Balaban J connectivity index is 1.94. The van der Waals surface area contributed by atoms with Gasteiger partial charge in [0.05, 0.1) is 12.2 Å². The van der Waals surface area contributed by atoms with Crippen molar-refractivity contribution in [3.05, 3.63) is 59.4 Å². The van der Waals surface area contributed by atoms with Crippen molar-refractivity contribution in [3.63, 3.8) is 0 Å². The summed E-state index contributed by atoms with van der Waals surface area (Å²) < 4.78 is 53.6. The number of nitrogens with one attached hydrogen (secondary N) is 1. The molecule has 10 heteroatoms. The summed E-state index contributed by atoms with van der Waals surface area (Å²) in [4.78, 5) is 29.5. The highest BCUT2D eigenvalue weighted by molar-refractivity contribution is 6.14. The van der Waals surface area contributed by atoms with E-state index in [1.807, 2.05) is 0 Å². The molecule has 3 amide bonds. The Morgan fingerprint density at radius 2 is 1.97 bits per heavy atom. The van der Waals surface area contributed by atoms with Gasteiger partial charge in [-0.2, -0.15) is 13.2 Å². The van der Waals surface area contributed by atoms with E-state index in [9.17, 15) is 27.2 Å². The third kappa shape index (κ3) is 3.93. The van der Waals surface area contributed by atoms with Gasteiger partial charge in [0.15, 0.2) is 0 Å². The molecule has 2 aromatic rings. The molecule has 0 saturated carbocycles. The molecule has 0 bridgehead atoms. The lowest BCUT2D eigenvalue weighted by Crippen LogP contribution is -2.54. The van der Waals surface area contributed by atoms with E-state index in [1.54, 1.807) is 24.5 Å². The second-order valence-corrected chi connectivity index (χ2v) is 6.76. The van der Waals surface area contributed by atoms with Crippen molar-refractivity contribution in [2.45, 2.75) is 38.8 Å². The summed E-state index contributed by atoms with van der Waals surface area (Å²) in [6.45, 7) is 1.66. The second-order valence-electron chi connectivity index (χ2n) is 6.76. The Morgan fingerprint density at radius 3 is 2.55 bits per heavy atom. The third-order valence-electron chi connectivity index (χ3n) is 4.66. The summed E-state index contributed by atoms with van der Waals surface area (Å²) in [5, 5.41) is 1.10. The zero-order valence-corrected chi connectivity index (χ0v) is 15.6. The van der Waals surface area contributed by atoms with Crippen LogP contribution in [0.1, 0.15) is 30.5 Å². The zero-order chi connectivity index (χ0) is 21.4. The minimum absolute atomic E-state index is 0.128. The van der Waals surface area contributed by atoms with Gasteiger partial charge in [-0.25, -0.2) is 19.5 Å². The van der Waals surface area contributed by atoms with Crippen LogP contribution in [0, 0.1) is 0 Å². The number of imide groups is 1. The predicted octanol–water partition coefficient (Wildman–Crippen LogP) is 3.82. The van der Waals surface area contributed by atoms with Gasteiger partial charge in [0.2, 0.25) is 11.6 Å². The monoisotopic (exact) mass is 410 g/mol. The smallest absolute Gasteiger partial charge is 0.274 e. The minimum atomic E-state index is -5.11. The summed E-state index contributed by atoms with van der Waals surface area (Å²) in [5.41, 5.74) is -0.245. The number of rotatable bonds is 4. The van der Waals surface area contributed by atoms with Crippen LogP contribution in [0.3, 0.4) is 0 Å². The lowest BCUT2D eigenvalue weighted by Gasteiger charge is -2.36. The molecular formula is C19H18F4N4O2. The fourth-order valence-electron chi connectivity index (χ4n) is 2.96. The number of hydrogen-bond donors (Lipinski definition) is 1. The number of carbonyl (C=O) groups excluding carboxylic acids is 2. The van der Waals surface area contributed by atoms with Crippen molar-refractivity contribution < 1.29 is 27.2 Å². The first-order valence-electron chi connectivity index (χ1n) is 8.66. The minimum Gasteiger partial charge on any atom is -0.274 e. The van der Waals surface area contributed by atoms with Crippen LogP contribution in [-0.4, -0.2) is 28.1 Å². The molecule has 0 radical (unpaired) electrons. The number of hydrazine groups is 1. The summed E-state index contributed by atoms with van der Waals surface area (Å²) >= 11 is 0. The topological polar surface area (TPSA) is 65.5 Å². The Labute approximate surface area is 164 Å². The van der Waals surface area contributed by atoms with E-state index < -0.39 is 29.3 Å². The van der Waals surface area contributed by atoms with Crippen molar-refractivity contribution >= 4 is 17.6 Å². The van der Waals surface area contributed by atoms with Crippen molar-refractivity contribution in [2.75, 3.05) is 4.90 Å². The Hall–Kier alpha value is -3.01. The summed E-state index contributed by atoms with van der Waals surface area (Å²) in [5.74, 6) is -0.615. The van der Waals surface area contributed by atoms with Crippen LogP contribution in [0.25, 0.3) is 0 Å². The van der Waals surface area contributed by atoms with Crippen LogP contribution in [0.15, 0.2) is 42.7 Å². The molecule has 6 nitrogen and oxygen atoms in total. The lowest BCUT2D eigenvalue weighted by atomic mass is 9.94. The standard InChI is InChI=1S/C19H18F4N4O2/c1-12(28)27-16-6-5-15(18(2,20)19(21,22)23)8-14(16)11-26(17(27)29)25-10-13-4-3-7-24-9-13/h3-9,25H,10-11H2,1-2H3. The van der Waals surface area contributed by atoms with Crippen LogP contribution in [0.2, 0.25) is 0 Å². The number of nitrogens with zero attached hydrogens (tertiary/aromatic N) is 3. The number of aromatic nitrogens is 1.